The number of ether oxygens (including phenoxy) is 1. The molecule has 0 atom stereocenters. The maximum atomic E-state index is 11.3. The monoisotopic (exact) mass is 188 g/mol. The minimum Gasteiger partial charge on any atom is -0.379 e. The van der Waals surface area contributed by atoms with Crippen molar-refractivity contribution < 1.29 is 9.53 Å². The molecule has 0 saturated carbocycles. The molecule has 0 saturated heterocycles. The van der Waals surface area contributed by atoms with E-state index in [1.165, 1.54) is 0 Å². The van der Waals surface area contributed by atoms with Crippen LogP contribution in [0.5, 0.6) is 0 Å². The largest absolute Gasteiger partial charge is 0.379 e. The molecule has 0 radical (unpaired) electrons. The molecule has 0 spiro atoms. The van der Waals surface area contributed by atoms with Gasteiger partial charge in [0.2, 0.25) is 5.91 Å². The Bertz CT molecular complexity index is 188. The van der Waals surface area contributed by atoms with Gasteiger partial charge in [0.15, 0.2) is 0 Å². The highest BCUT2D eigenvalue weighted by Gasteiger charge is 2.34. The summed E-state index contributed by atoms with van der Waals surface area (Å²) in [6.45, 7) is 7.57. The fourth-order valence-corrected chi connectivity index (χ4v) is 1.41. The van der Waals surface area contributed by atoms with E-state index < -0.39 is 5.41 Å². The maximum absolute atomic E-state index is 11.3. The van der Waals surface area contributed by atoms with Crippen LogP contribution in [0.1, 0.15) is 34.1 Å². The Labute approximate surface area is 79.8 Å². The molecule has 13 heavy (non-hydrogen) atoms. The molecular weight excluding hydrogens is 168 g/mol. The lowest BCUT2D eigenvalue weighted by Crippen LogP contribution is -2.44. The summed E-state index contributed by atoms with van der Waals surface area (Å²) < 4.78 is 5.25. The first-order valence-electron chi connectivity index (χ1n) is 4.31. The summed E-state index contributed by atoms with van der Waals surface area (Å²) in [7, 11) is 1.64. The average molecular weight is 188 g/mol. The van der Waals surface area contributed by atoms with Crippen LogP contribution in [0.15, 0.2) is 0 Å². The Kier molecular flexibility index (Phi) is 3.88. The quantitative estimate of drug-likeness (QED) is 0.390. The van der Waals surface area contributed by atoms with Crippen molar-refractivity contribution in [3.63, 3.8) is 0 Å². The molecule has 0 bridgehead atoms. The van der Waals surface area contributed by atoms with Crippen LogP contribution in [0, 0.1) is 5.41 Å². The van der Waals surface area contributed by atoms with Crippen LogP contribution in [0.25, 0.3) is 0 Å². The first-order chi connectivity index (χ1) is 5.75. The predicted molar refractivity (Wildman–Crippen MR) is 51.8 cm³/mol. The van der Waals surface area contributed by atoms with E-state index in [0.717, 1.165) is 0 Å². The van der Waals surface area contributed by atoms with Gasteiger partial charge in [0.1, 0.15) is 0 Å². The van der Waals surface area contributed by atoms with Crippen LogP contribution in [0.2, 0.25) is 0 Å². The fraction of sp³-hybridized carbons (Fsp3) is 0.889. The van der Waals surface area contributed by atoms with Crippen molar-refractivity contribution in [3.8, 4) is 0 Å². The molecule has 4 nitrogen and oxygen atoms in total. The highest BCUT2D eigenvalue weighted by molar-refractivity contribution is 5.81. The van der Waals surface area contributed by atoms with Crippen LogP contribution >= 0.6 is 0 Å². The van der Waals surface area contributed by atoms with Gasteiger partial charge < -0.3 is 4.74 Å². The summed E-state index contributed by atoms with van der Waals surface area (Å²) in [4.78, 5) is 11.3. The van der Waals surface area contributed by atoms with Crippen molar-refractivity contribution in [1.29, 1.82) is 0 Å². The highest BCUT2D eigenvalue weighted by Crippen LogP contribution is 2.29. The summed E-state index contributed by atoms with van der Waals surface area (Å²) in [5, 5.41) is 0. The molecule has 3 N–H and O–H groups in total. The van der Waals surface area contributed by atoms with E-state index in [1.807, 2.05) is 27.7 Å². The Hall–Kier alpha value is -0.610. The van der Waals surface area contributed by atoms with Crippen LogP contribution in [0.4, 0.5) is 0 Å². The first-order valence-corrected chi connectivity index (χ1v) is 4.31. The Morgan fingerprint density at radius 2 is 1.85 bits per heavy atom. The Morgan fingerprint density at radius 3 is 2.15 bits per heavy atom. The second kappa shape index (κ2) is 4.07. The van der Waals surface area contributed by atoms with E-state index in [9.17, 15) is 4.79 Å². The van der Waals surface area contributed by atoms with Gasteiger partial charge in [-0.3, -0.25) is 10.2 Å². The van der Waals surface area contributed by atoms with E-state index in [-0.39, 0.29) is 11.5 Å². The summed E-state index contributed by atoms with van der Waals surface area (Å²) in [6.07, 6.45) is 0.625. The Morgan fingerprint density at radius 1 is 1.38 bits per heavy atom. The molecule has 0 aromatic rings. The first kappa shape index (κ1) is 12.4. The van der Waals surface area contributed by atoms with Gasteiger partial charge in [0.05, 0.1) is 5.60 Å². The number of hydrogen-bond acceptors (Lipinski definition) is 3. The second-order valence-corrected chi connectivity index (χ2v) is 4.50. The molecule has 1 amide bonds. The third-order valence-corrected chi connectivity index (χ3v) is 2.17. The molecule has 0 rings (SSSR count). The van der Waals surface area contributed by atoms with E-state index in [0.29, 0.717) is 6.42 Å². The molecule has 0 fully saturated rings. The lowest BCUT2D eigenvalue weighted by molar-refractivity contribution is -0.133. The second-order valence-electron chi connectivity index (χ2n) is 4.50. The van der Waals surface area contributed by atoms with Gasteiger partial charge in [-0.1, -0.05) is 13.8 Å². The van der Waals surface area contributed by atoms with Crippen LogP contribution in [0.3, 0.4) is 0 Å². The van der Waals surface area contributed by atoms with Crippen LogP contribution in [-0.4, -0.2) is 18.6 Å². The van der Waals surface area contributed by atoms with Gasteiger partial charge in [0.25, 0.3) is 0 Å². The van der Waals surface area contributed by atoms with Gasteiger partial charge in [-0.2, -0.15) is 0 Å². The molecule has 0 unspecified atom stereocenters. The Balaban J connectivity index is 4.41. The molecular formula is C9H20N2O2. The maximum Gasteiger partial charge on any atom is 0.239 e. The lowest BCUT2D eigenvalue weighted by atomic mass is 9.81. The molecule has 0 aliphatic carbocycles. The van der Waals surface area contributed by atoms with E-state index in [1.54, 1.807) is 7.11 Å². The van der Waals surface area contributed by atoms with Crippen molar-refractivity contribution in [2.75, 3.05) is 7.11 Å². The minimum atomic E-state index is -0.506. The van der Waals surface area contributed by atoms with Crippen LogP contribution in [-0.2, 0) is 9.53 Å². The minimum absolute atomic E-state index is 0.169. The molecule has 0 aliphatic rings. The smallest absolute Gasteiger partial charge is 0.239 e. The van der Waals surface area contributed by atoms with Gasteiger partial charge >= 0.3 is 0 Å². The van der Waals surface area contributed by atoms with Crippen LogP contribution < -0.4 is 11.3 Å². The molecule has 4 heteroatoms. The molecule has 0 aromatic heterocycles. The number of methoxy groups -OCH3 is 1. The van der Waals surface area contributed by atoms with Crippen molar-refractivity contribution in [3.05, 3.63) is 0 Å². The number of hydrazine groups is 1. The van der Waals surface area contributed by atoms with Crippen molar-refractivity contribution in [1.82, 2.24) is 5.43 Å². The van der Waals surface area contributed by atoms with Crippen molar-refractivity contribution >= 4 is 5.91 Å². The predicted octanol–water partition coefficient (Wildman–Crippen LogP) is 0.818. The molecule has 0 heterocycles. The van der Waals surface area contributed by atoms with Gasteiger partial charge in [0, 0.05) is 12.5 Å². The number of carbonyl (C=O) groups excluding carboxylic acids is 1. The highest BCUT2D eigenvalue weighted by atomic mass is 16.5. The lowest BCUT2D eigenvalue weighted by Gasteiger charge is -2.32. The van der Waals surface area contributed by atoms with Gasteiger partial charge in [-0.25, -0.2) is 5.84 Å². The number of nitrogens with one attached hydrogen (secondary N) is 1. The third kappa shape index (κ3) is 3.74. The van der Waals surface area contributed by atoms with E-state index in [4.69, 9.17) is 10.6 Å². The number of hydrogen-bond donors (Lipinski definition) is 2. The molecule has 0 aromatic carbocycles. The topological polar surface area (TPSA) is 64.3 Å². The zero-order chi connectivity index (χ0) is 10.7. The van der Waals surface area contributed by atoms with Crippen molar-refractivity contribution in [2.45, 2.75) is 39.7 Å². The summed E-state index contributed by atoms with van der Waals surface area (Å²) in [5.41, 5.74) is 1.34. The fourth-order valence-electron chi connectivity index (χ4n) is 1.41. The van der Waals surface area contributed by atoms with Gasteiger partial charge in [-0.05, 0) is 20.3 Å². The third-order valence-electron chi connectivity index (χ3n) is 2.17. The average Bonchev–Trinajstić information content (AvgIpc) is 2.01. The van der Waals surface area contributed by atoms with Crippen molar-refractivity contribution in [2.24, 2.45) is 11.3 Å². The number of nitrogens with two attached hydrogens (primary N) is 1. The number of amides is 1. The normalized spacial score (nSPS) is 12.8. The summed E-state index contributed by atoms with van der Waals surface area (Å²) >= 11 is 0. The molecule has 0 aliphatic heterocycles. The summed E-state index contributed by atoms with van der Waals surface area (Å²) in [6, 6.07) is 0. The zero-order valence-electron chi connectivity index (χ0n) is 9.10. The molecule has 78 valence electrons. The van der Waals surface area contributed by atoms with E-state index in [2.05, 4.69) is 5.43 Å². The number of carbonyl (C=O) groups is 1. The zero-order valence-corrected chi connectivity index (χ0v) is 9.10. The van der Waals surface area contributed by atoms with Gasteiger partial charge in [-0.15, -0.1) is 0 Å². The van der Waals surface area contributed by atoms with E-state index >= 15 is 0 Å². The number of rotatable bonds is 4. The summed E-state index contributed by atoms with van der Waals surface area (Å²) in [5.74, 6) is 4.91. The SMILES string of the molecule is COC(C)(C)CC(C)(C)C(=O)NN. The standard InChI is InChI=1S/C9H20N2O2/c1-8(2,7(12)11-10)6-9(3,4)13-5/h6,10H2,1-5H3,(H,11,12).